The van der Waals surface area contributed by atoms with Crippen LogP contribution in [0.25, 0.3) is 0 Å². The predicted molar refractivity (Wildman–Crippen MR) is 86.5 cm³/mol. The molecule has 1 fully saturated rings. The van der Waals surface area contributed by atoms with E-state index in [4.69, 9.17) is 0 Å². The maximum atomic E-state index is 12.4. The van der Waals surface area contributed by atoms with E-state index >= 15 is 0 Å². The molecule has 1 aromatic heterocycles. The Bertz CT molecular complexity index is 479. The van der Waals surface area contributed by atoms with E-state index in [2.05, 4.69) is 29.5 Å². The van der Waals surface area contributed by atoms with E-state index in [1.165, 1.54) is 32.1 Å². The number of pyridine rings is 1. The molecule has 2 rings (SSSR count). The van der Waals surface area contributed by atoms with Gasteiger partial charge in [0, 0.05) is 19.8 Å². The number of hydrogen-bond acceptors (Lipinski definition) is 3. The van der Waals surface area contributed by atoms with Gasteiger partial charge in [-0.05, 0) is 36.7 Å². The highest BCUT2D eigenvalue weighted by Crippen LogP contribution is 2.42. The van der Waals surface area contributed by atoms with Crippen LogP contribution in [0.1, 0.15) is 56.3 Å². The summed E-state index contributed by atoms with van der Waals surface area (Å²) in [4.78, 5) is 16.5. The van der Waals surface area contributed by atoms with Crippen molar-refractivity contribution in [1.29, 1.82) is 0 Å². The molecule has 116 valence electrons. The van der Waals surface area contributed by atoms with Crippen molar-refractivity contribution in [2.24, 2.45) is 11.3 Å². The molecule has 0 saturated heterocycles. The number of amides is 1. The molecule has 0 spiro atoms. The minimum Gasteiger partial charge on any atom is -0.386 e. The summed E-state index contributed by atoms with van der Waals surface area (Å²) in [5, 5.41) is 6.18. The van der Waals surface area contributed by atoms with E-state index < -0.39 is 0 Å². The topological polar surface area (TPSA) is 54.0 Å². The third-order valence-corrected chi connectivity index (χ3v) is 4.46. The summed E-state index contributed by atoms with van der Waals surface area (Å²) in [6, 6.07) is 1.77. The number of carbonyl (C=O) groups is 1. The number of nitrogens with one attached hydrogen (secondary N) is 2. The van der Waals surface area contributed by atoms with E-state index in [-0.39, 0.29) is 5.91 Å². The van der Waals surface area contributed by atoms with Gasteiger partial charge in [-0.2, -0.15) is 0 Å². The summed E-state index contributed by atoms with van der Waals surface area (Å²) in [7, 11) is 1.81. The largest absolute Gasteiger partial charge is 0.386 e. The summed E-state index contributed by atoms with van der Waals surface area (Å²) in [5.41, 5.74) is 1.75. The predicted octanol–water partition coefficient (Wildman–Crippen LogP) is 3.46. The molecule has 1 aliphatic rings. The maximum Gasteiger partial charge on any atom is 0.253 e. The lowest BCUT2D eigenvalue weighted by Crippen LogP contribution is -2.37. The number of aromatic nitrogens is 1. The molecule has 0 aliphatic heterocycles. The van der Waals surface area contributed by atoms with Gasteiger partial charge in [0.15, 0.2) is 0 Å². The second-order valence-corrected chi connectivity index (χ2v) is 6.66. The van der Waals surface area contributed by atoms with Gasteiger partial charge in [-0.15, -0.1) is 0 Å². The zero-order valence-corrected chi connectivity index (χ0v) is 13.4. The average molecular weight is 289 g/mol. The SMILES string of the molecule is CNc1cnccc1C(=O)NCC1(CC(C)C)CCCC1. The van der Waals surface area contributed by atoms with Crippen molar-refractivity contribution in [1.82, 2.24) is 10.3 Å². The van der Waals surface area contributed by atoms with Crippen molar-refractivity contribution in [3.63, 3.8) is 0 Å². The molecular weight excluding hydrogens is 262 g/mol. The van der Waals surface area contributed by atoms with Crippen LogP contribution in [-0.2, 0) is 0 Å². The second kappa shape index (κ2) is 6.92. The van der Waals surface area contributed by atoms with Crippen LogP contribution in [0.2, 0.25) is 0 Å². The standard InChI is InChI=1S/C17H27N3O/c1-13(2)10-17(7-4-5-8-17)12-20-16(21)14-6-9-19-11-15(14)18-3/h6,9,11,13,18H,4-5,7-8,10,12H2,1-3H3,(H,20,21). The maximum absolute atomic E-state index is 12.4. The van der Waals surface area contributed by atoms with E-state index in [0.29, 0.717) is 16.9 Å². The van der Waals surface area contributed by atoms with Gasteiger partial charge in [0.25, 0.3) is 5.91 Å². The molecule has 21 heavy (non-hydrogen) atoms. The Morgan fingerprint density at radius 2 is 2.10 bits per heavy atom. The van der Waals surface area contributed by atoms with Crippen molar-refractivity contribution in [2.45, 2.75) is 46.0 Å². The molecule has 0 aromatic carbocycles. The van der Waals surface area contributed by atoms with Crippen molar-refractivity contribution >= 4 is 11.6 Å². The Kier molecular flexibility index (Phi) is 5.21. The summed E-state index contributed by atoms with van der Waals surface area (Å²) >= 11 is 0. The smallest absolute Gasteiger partial charge is 0.253 e. The molecule has 1 aromatic rings. The van der Waals surface area contributed by atoms with Gasteiger partial charge < -0.3 is 10.6 Å². The van der Waals surface area contributed by atoms with Crippen LogP contribution in [0.15, 0.2) is 18.5 Å². The average Bonchev–Trinajstić information content (AvgIpc) is 2.92. The van der Waals surface area contributed by atoms with Crippen LogP contribution in [0.3, 0.4) is 0 Å². The zero-order chi connectivity index (χ0) is 15.3. The first-order chi connectivity index (χ1) is 10.1. The molecule has 1 aliphatic carbocycles. The van der Waals surface area contributed by atoms with Crippen molar-refractivity contribution in [2.75, 3.05) is 18.9 Å². The van der Waals surface area contributed by atoms with Gasteiger partial charge in [0.1, 0.15) is 0 Å². The van der Waals surface area contributed by atoms with Crippen molar-refractivity contribution in [3.05, 3.63) is 24.0 Å². The number of rotatable bonds is 6. The summed E-state index contributed by atoms with van der Waals surface area (Å²) < 4.78 is 0. The Hall–Kier alpha value is -1.58. The Labute approximate surface area is 127 Å². The summed E-state index contributed by atoms with van der Waals surface area (Å²) in [6.07, 6.45) is 9.60. The fraction of sp³-hybridized carbons (Fsp3) is 0.647. The highest BCUT2D eigenvalue weighted by atomic mass is 16.1. The molecular formula is C17H27N3O. The van der Waals surface area contributed by atoms with Gasteiger partial charge >= 0.3 is 0 Å². The van der Waals surface area contributed by atoms with E-state index in [0.717, 1.165) is 12.2 Å². The fourth-order valence-electron chi connectivity index (χ4n) is 3.60. The minimum absolute atomic E-state index is 0.00298. The molecule has 1 saturated carbocycles. The third kappa shape index (κ3) is 3.96. The highest BCUT2D eigenvalue weighted by molar-refractivity contribution is 5.99. The lowest BCUT2D eigenvalue weighted by Gasteiger charge is -2.31. The molecule has 2 N–H and O–H groups in total. The van der Waals surface area contributed by atoms with E-state index in [9.17, 15) is 4.79 Å². The molecule has 0 atom stereocenters. The quantitative estimate of drug-likeness (QED) is 0.843. The summed E-state index contributed by atoms with van der Waals surface area (Å²) in [6.45, 7) is 5.32. The van der Waals surface area contributed by atoms with E-state index in [1.807, 2.05) is 7.05 Å². The zero-order valence-electron chi connectivity index (χ0n) is 13.4. The van der Waals surface area contributed by atoms with Gasteiger partial charge in [-0.3, -0.25) is 9.78 Å². The van der Waals surface area contributed by atoms with E-state index in [1.54, 1.807) is 18.5 Å². The molecule has 4 nitrogen and oxygen atoms in total. The number of nitrogens with zero attached hydrogens (tertiary/aromatic N) is 1. The monoisotopic (exact) mass is 289 g/mol. The number of anilines is 1. The van der Waals surface area contributed by atoms with Gasteiger partial charge in [0.05, 0.1) is 17.4 Å². The first-order valence-corrected chi connectivity index (χ1v) is 7.96. The van der Waals surface area contributed by atoms with Crippen LogP contribution in [0.4, 0.5) is 5.69 Å². The fourth-order valence-corrected chi connectivity index (χ4v) is 3.60. The summed E-state index contributed by atoms with van der Waals surface area (Å²) in [5.74, 6) is 0.672. The Morgan fingerprint density at radius 1 is 1.38 bits per heavy atom. The minimum atomic E-state index is -0.00298. The lowest BCUT2D eigenvalue weighted by atomic mass is 9.78. The van der Waals surface area contributed by atoms with Crippen molar-refractivity contribution < 1.29 is 4.79 Å². The normalized spacial score (nSPS) is 17.0. The molecule has 0 radical (unpaired) electrons. The molecule has 1 heterocycles. The van der Waals surface area contributed by atoms with Crippen LogP contribution >= 0.6 is 0 Å². The molecule has 4 heteroatoms. The number of carbonyl (C=O) groups excluding carboxylic acids is 1. The lowest BCUT2D eigenvalue weighted by molar-refractivity contribution is 0.0922. The van der Waals surface area contributed by atoms with Gasteiger partial charge in [0.2, 0.25) is 0 Å². The Morgan fingerprint density at radius 3 is 2.71 bits per heavy atom. The molecule has 1 amide bonds. The van der Waals surface area contributed by atoms with Crippen LogP contribution in [0, 0.1) is 11.3 Å². The van der Waals surface area contributed by atoms with Crippen LogP contribution in [0.5, 0.6) is 0 Å². The van der Waals surface area contributed by atoms with Crippen LogP contribution in [-0.4, -0.2) is 24.5 Å². The molecule has 0 unspecified atom stereocenters. The Balaban J connectivity index is 2.02. The highest BCUT2D eigenvalue weighted by Gasteiger charge is 2.34. The second-order valence-electron chi connectivity index (χ2n) is 6.66. The van der Waals surface area contributed by atoms with Gasteiger partial charge in [-0.25, -0.2) is 0 Å². The van der Waals surface area contributed by atoms with Crippen molar-refractivity contribution in [3.8, 4) is 0 Å². The third-order valence-electron chi connectivity index (χ3n) is 4.46. The first-order valence-electron chi connectivity index (χ1n) is 7.96. The van der Waals surface area contributed by atoms with Gasteiger partial charge in [-0.1, -0.05) is 26.7 Å². The molecule has 0 bridgehead atoms. The van der Waals surface area contributed by atoms with Crippen LogP contribution < -0.4 is 10.6 Å². The number of hydrogen-bond donors (Lipinski definition) is 2. The first kappa shape index (κ1) is 15.8.